The summed E-state index contributed by atoms with van der Waals surface area (Å²) in [6.45, 7) is 0.115. The number of nitrogens with one attached hydrogen (secondary N) is 1. The monoisotopic (exact) mass is 286 g/mol. The highest BCUT2D eigenvalue weighted by atomic mass is 32.2. The molecule has 0 saturated heterocycles. The van der Waals surface area contributed by atoms with E-state index in [4.69, 9.17) is 5.11 Å². The second-order valence-corrected chi connectivity index (χ2v) is 6.05. The van der Waals surface area contributed by atoms with Gasteiger partial charge in [0.25, 0.3) is 0 Å². The first-order chi connectivity index (χ1) is 8.83. The molecule has 0 atom stereocenters. The second-order valence-electron chi connectivity index (χ2n) is 4.28. The van der Waals surface area contributed by atoms with Gasteiger partial charge in [0.1, 0.15) is 0 Å². The summed E-state index contributed by atoms with van der Waals surface area (Å²) in [5.74, 6) is -0.936. The molecule has 1 aromatic carbocycles. The molecule has 0 saturated carbocycles. The summed E-state index contributed by atoms with van der Waals surface area (Å²) in [4.78, 5) is 12.4. The summed E-state index contributed by atoms with van der Waals surface area (Å²) in [6.07, 6.45) is 0.215. The minimum absolute atomic E-state index is 0.0535. The molecule has 6 nitrogen and oxygen atoms in total. The fraction of sp³-hybridized carbons (Fsp3) is 0.417. The van der Waals surface area contributed by atoms with Gasteiger partial charge in [-0.25, -0.2) is 13.1 Å². The van der Waals surface area contributed by atoms with E-state index in [0.717, 1.165) is 5.69 Å². The number of benzene rings is 1. The molecule has 0 spiro atoms. The van der Waals surface area contributed by atoms with Crippen LogP contribution in [0.25, 0.3) is 0 Å². The third-order valence-corrected chi connectivity index (χ3v) is 4.00. The highest BCUT2D eigenvalue weighted by Crippen LogP contribution is 2.15. The van der Waals surface area contributed by atoms with Crippen LogP contribution in [-0.4, -0.2) is 40.1 Å². The van der Waals surface area contributed by atoms with Crippen LogP contribution in [0.3, 0.4) is 0 Å². The Labute approximate surface area is 113 Å². The van der Waals surface area contributed by atoms with E-state index in [2.05, 4.69) is 4.72 Å². The van der Waals surface area contributed by atoms with Crippen molar-refractivity contribution in [3.05, 3.63) is 24.3 Å². The van der Waals surface area contributed by atoms with Gasteiger partial charge >= 0.3 is 5.97 Å². The Balaban J connectivity index is 2.64. The van der Waals surface area contributed by atoms with Crippen molar-refractivity contribution in [2.24, 2.45) is 0 Å². The summed E-state index contributed by atoms with van der Waals surface area (Å²) < 4.78 is 26.1. The Kier molecular flexibility index (Phi) is 5.31. The van der Waals surface area contributed by atoms with Gasteiger partial charge in [-0.05, 0) is 30.7 Å². The van der Waals surface area contributed by atoms with Gasteiger partial charge in [-0.15, -0.1) is 0 Å². The van der Waals surface area contributed by atoms with Crippen molar-refractivity contribution >= 4 is 21.7 Å². The molecule has 7 heteroatoms. The predicted octanol–water partition coefficient (Wildman–Crippen LogP) is 0.896. The van der Waals surface area contributed by atoms with Crippen LogP contribution in [0.2, 0.25) is 0 Å². The Bertz CT molecular complexity index is 523. The van der Waals surface area contributed by atoms with E-state index in [1.165, 1.54) is 12.1 Å². The molecule has 1 aromatic rings. The molecule has 0 radical (unpaired) electrons. The number of hydrogen-bond acceptors (Lipinski definition) is 4. The van der Waals surface area contributed by atoms with Crippen molar-refractivity contribution in [3.8, 4) is 0 Å². The topological polar surface area (TPSA) is 86.7 Å². The van der Waals surface area contributed by atoms with Crippen LogP contribution in [-0.2, 0) is 14.8 Å². The maximum atomic E-state index is 11.9. The lowest BCUT2D eigenvalue weighted by Crippen LogP contribution is -2.25. The van der Waals surface area contributed by atoms with Crippen LogP contribution in [0.5, 0.6) is 0 Å². The molecule has 106 valence electrons. The Hall–Kier alpha value is -1.60. The fourth-order valence-electron chi connectivity index (χ4n) is 1.45. The van der Waals surface area contributed by atoms with Crippen LogP contribution in [0.1, 0.15) is 12.8 Å². The van der Waals surface area contributed by atoms with Gasteiger partial charge in [-0.1, -0.05) is 0 Å². The first-order valence-electron chi connectivity index (χ1n) is 5.82. The van der Waals surface area contributed by atoms with Crippen LogP contribution >= 0.6 is 0 Å². The van der Waals surface area contributed by atoms with Crippen molar-refractivity contribution in [2.45, 2.75) is 17.7 Å². The zero-order valence-corrected chi connectivity index (χ0v) is 11.8. The van der Waals surface area contributed by atoms with Crippen LogP contribution in [0, 0.1) is 0 Å². The molecule has 1 rings (SSSR count). The Morgan fingerprint density at radius 3 is 2.32 bits per heavy atom. The number of hydrogen-bond donors (Lipinski definition) is 2. The quantitative estimate of drug-likeness (QED) is 0.727. The lowest BCUT2D eigenvalue weighted by molar-refractivity contribution is -0.137. The first kappa shape index (κ1) is 15.5. The summed E-state index contributed by atoms with van der Waals surface area (Å²) in [6, 6.07) is 6.47. The van der Waals surface area contributed by atoms with E-state index in [1.807, 2.05) is 19.0 Å². The number of carboxylic acids is 1. The number of anilines is 1. The van der Waals surface area contributed by atoms with Gasteiger partial charge in [0.15, 0.2) is 0 Å². The van der Waals surface area contributed by atoms with Gasteiger partial charge in [-0.2, -0.15) is 0 Å². The molecular weight excluding hydrogens is 268 g/mol. The van der Waals surface area contributed by atoms with Gasteiger partial charge in [0.05, 0.1) is 4.90 Å². The highest BCUT2D eigenvalue weighted by Gasteiger charge is 2.13. The molecule has 2 N–H and O–H groups in total. The predicted molar refractivity (Wildman–Crippen MR) is 72.8 cm³/mol. The minimum atomic E-state index is -3.56. The SMILES string of the molecule is CN(C)c1ccc(S(=O)(=O)NCCCC(=O)O)cc1. The number of carboxylic acid groups (broad SMARTS) is 1. The lowest BCUT2D eigenvalue weighted by atomic mass is 10.3. The fourth-order valence-corrected chi connectivity index (χ4v) is 2.53. The molecule has 0 bridgehead atoms. The van der Waals surface area contributed by atoms with Crippen LogP contribution < -0.4 is 9.62 Å². The van der Waals surface area contributed by atoms with Crippen molar-refractivity contribution in [3.63, 3.8) is 0 Å². The van der Waals surface area contributed by atoms with Gasteiger partial charge in [0.2, 0.25) is 10.0 Å². The molecule has 0 heterocycles. The van der Waals surface area contributed by atoms with Crippen molar-refractivity contribution in [1.29, 1.82) is 0 Å². The summed E-state index contributed by atoms with van der Waals surface area (Å²) in [5, 5.41) is 8.46. The number of nitrogens with zero attached hydrogens (tertiary/aromatic N) is 1. The molecular formula is C12H18N2O4S. The molecule has 0 amide bonds. The van der Waals surface area contributed by atoms with E-state index < -0.39 is 16.0 Å². The van der Waals surface area contributed by atoms with E-state index in [1.54, 1.807) is 12.1 Å². The zero-order chi connectivity index (χ0) is 14.5. The number of sulfonamides is 1. The molecule has 0 fully saturated rings. The standard InChI is InChI=1S/C12H18N2O4S/c1-14(2)10-5-7-11(8-6-10)19(17,18)13-9-3-4-12(15)16/h5-8,13H,3-4,9H2,1-2H3,(H,15,16). The molecule has 0 aliphatic heterocycles. The van der Waals surface area contributed by atoms with Crippen LogP contribution in [0.15, 0.2) is 29.2 Å². The normalized spacial score (nSPS) is 11.3. The van der Waals surface area contributed by atoms with Gasteiger partial charge in [-0.3, -0.25) is 4.79 Å². The smallest absolute Gasteiger partial charge is 0.303 e. The van der Waals surface area contributed by atoms with E-state index in [0.29, 0.717) is 0 Å². The molecule has 0 aliphatic carbocycles. The second kappa shape index (κ2) is 6.53. The molecule has 0 aromatic heterocycles. The van der Waals surface area contributed by atoms with Crippen molar-refractivity contribution in [1.82, 2.24) is 4.72 Å². The lowest BCUT2D eigenvalue weighted by Gasteiger charge is -2.13. The van der Waals surface area contributed by atoms with E-state index in [9.17, 15) is 13.2 Å². The average Bonchev–Trinajstić information content (AvgIpc) is 2.34. The van der Waals surface area contributed by atoms with E-state index >= 15 is 0 Å². The molecule has 0 aliphatic rings. The summed E-state index contributed by atoms with van der Waals surface area (Å²) >= 11 is 0. The highest BCUT2D eigenvalue weighted by molar-refractivity contribution is 7.89. The maximum Gasteiger partial charge on any atom is 0.303 e. The largest absolute Gasteiger partial charge is 0.481 e. The molecule has 19 heavy (non-hydrogen) atoms. The number of carbonyl (C=O) groups is 1. The number of aliphatic carboxylic acids is 1. The zero-order valence-electron chi connectivity index (χ0n) is 11.0. The molecule has 0 unspecified atom stereocenters. The maximum absolute atomic E-state index is 11.9. The summed E-state index contributed by atoms with van der Waals surface area (Å²) in [7, 11) is 0.175. The first-order valence-corrected chi connectivity index (χ1v) is 7.30. The van der Waals surface area contributed by atoms with Gasteiger partial charge < -0.3 is 10.0 Å². The Morgan fingerprint density at radius 1 is 1.26 bits per heavy atom. The minimum Gasteiger partial charge on any atom is -0.481 e. The van der Waals surface area contributed by atoms with Crippen LogP contribution in [0.4, 0.5) is 5.69 Å². The Morgan fingerprint density at radius 2 is 1.84 bits per heavy atom. The van der Waals surface area contributed by atoms with Gasteiger partial charge in [0, 0.05) is 32.7 Å². The third kappa shape index (κ3) is 4.88. The van der Waals surface area contributed by atoms with E-state index in [-0.39, 0.29) is 24.3 Å². The van der Waals surface area contributed by atoms with Crippen molar-refractivity contribution < 1.29 is 18.3 Å². The third-order valence-electron chi connectivity index (χ3n) is 2.52. The van der Waals surface area contributed by atoms with Crippen molar-refractivity contribution in [2.75, 3.05) is 25.5 Å². The average molecular weight is 286 g/mol. The summed E-state index contributed by atoms with van der Waals surface area (Å²) in [5.41, 5.74) is 0.907. The number of rotatable bonds is 7.